The topological polar surface area (TPSA) is 57.6 Å². The molecule has 0 aromatic heterocycles. The molecular weight excluding hydrogens is 297 g/mol. The molecule has 3 rings (SSSR count). The molecule has 21 heavy (non-hydrogen) atoms. The highest BCUT2D eigenvalue weighted by Crippen LogP contribution is 2.45. The first-order valence-corrected chi connectivity index (χ1v) is 7.36. The predicted molar refractivity (Wildman–Crippen MR) is 74.4 cm³/mol. The molecule has 0 bridgehead atoms. The smallest absolute Gasteiger partial charge is 0.308 e. The summed E-state index contributed by atoms with van der Waals surface area (Å²) in [5, 5.41) is 9.63. The molecule has 1 aliphatic heterocycles. The molecule has 112 valence electrons. The van der Waals surface area contributed by atoms with Crippen LogP contribution in [0.1, 0.15) is 37.3 Å². The van der Waals surface area contributed by atoms with Crippen molar-refractivity contribution < 1.29 is 19.1 Å². The van der Waals surface area contributed by atoms with Gasteiger partial charge in [-0.2, -0.15) is 0 Å². The Morgan fingerprint density at radius 1 is 1.33 bits per heavy atom. The Hall–Kier alpha value is -1.62. The molecule has 0 spiro atoms. The Kier molecular flexibility index (Phi) is 3.61. The molecule has 1 aliphatic carbocycles. The number of hydrogen-bond donors (Lipinski definition) is 1. The van der Waals surface area contributed by atoms with Gasteiger partial charge in [-0.05, 0) is 31.4 Å². The summed E-state index contributed by atoms with van der Waals surface area (Å²) in [6.07, 6.45) is 2.07. The molecule has 2 aliphatic rings. The molecule has 2 unspecified atom stereocenters. The van der Waals surface area contributed by atoms with Crippen molar-refractivity contribution in [3.63, 3.8) is 0 Å². The summed E-state index contributed by atoms with van der Waals surface area (Å²) in [5.74, 6) is -2.51. The van der Waals surface area contributed by atoms with Gasteiger partial charge in [-0.25, -0.2) is 4.39 Å². The first-order valence-electron chi connectivity index (χ1n) is 6.98. The minimum Gasteiger partial charge on any atom is -0.481 e. The number of aliphatic carboxylic acids is 1. The van der Waals surface area contributed by atoms with Gasteiger partial charge in [0.05, 0.1) is 12.0 Å². The molecule has 1 saturated carbocycles. The fourth-order valence-corrected chi connectivity index (χ4v) is 3.37. The van der Waals surface area contributed by atoms with E-state index in [1.165, 1.54) is 18.2 Å². The summed E-state index contributed by atoms with van der Waals surface area (Å²) in [7, 11) is 0. The first kappa shape index (κ1) is 14.3. The van der Waals surface area contributed by atoms with E-state index in [4.69, 9.17) is 11.6 Å². The Bertz CT molecular complexity index is 582. The minimum absolute atomic E-state index is 0.0142. The molecule has 1 amide bonds. The second kappa shape index (κ2) is 5.30. The second-order valence-corrected chi connectivity index (χ2v) is 6.00. The van der Waals surface area contributed by atoms with Crippen LogP contribution in [0.5, 0.6) is 0 Å². The Morgan fingerprint density at radius 2 is 2.05 bits per heavy atom. The normalized spacial score (nSPS) is 26.0. The average molecular weight is 312 g/mol. The summed E-state index contributed by atoms with van der Waals surface area (Å²) in [6.45, 7) is 0. The monoisotopic (exact) mass is 311 g/mol. The van der Waals surface area contributed by atoms with Crippen LogP contribution < -0.4 is 0 Å². The van der Waals surface area contributed by atoms with Crippen LogP contribution in [-0.4, -0.2) is 27.9 Å². The summed E-state index contributed by atoms with van der Waals surface area (Å²) < 4.78 is 14.2. The van der Waals surface area contributed by atoms with E-state index >= 15 is 0 Å². The van der Waals surface area contributed by atoms with E-state index in [1.807, 2.05) is 0 Å². The lowest BCUT2D eigenvalue weighted by atomic mass is 9.84. The first-order chi connectivity index (χ1) is 10.0. The maximum atomic E-state index is 14.2. The molecular formula is C15H15ClFNO3. The molecule has 2 fully saturated rings. The second-order valence-electron chi connectivity index (χ2n) is 5.60. The van der Waals surface area contributed by atoms with Gasteiger partial charge in [0, 0.05) is 23.0 Å². The molecule has 6 heteroatoms. The zero-order valence-corrected chi connectivity index (χ0v) is 12.0. The van der Waals surface area contributed by atoms with Gasteiger partial charge < -0.3 is 10.0 Å². The number of carbonyl (C=O) groups is 2. The fraction of sp³-hybridized carbons (Fsp3) is 0.467. The van der Waals surface area contributed by atoms with Crippen LogP contribution in [0.15, 0.2) is 18.2 Å². The number of carbonyl (C=O) groups excluding carboxylic acids is 1. The number of nitrogens with zero attached hydrogens (tertiary/aromatic N) is 1. The molecule has 1 aromatic rings. The van der Waals surface area contributed by atoms with Crippen molar-refractivity contribution in [1.82, 2.24) is 4.90 Å². The van der Waals surface area contributed by atoms with E-state index in [-0.39, 0.29) is 35.4 Å². The van der Waals surface area contributed by atoms with Crippen LogP contribution in [0.3, 0.4) is 0 Å². The largest absolute Gasteiger partial charge is 0.481 e. The maximum Gasteiger partial charge on any atom is 0.308 e. The minimum atomic E-state index is -1.02. The number of hydrogen-bond acceptors (Lipinski definition) is 2. The number of rotatable bonds is 3. The van der Waals surface area contributed by atoms with Crippen molar-refractivity contribution in [2.75, 3.05) is 0 Å². The van der Waals surface area contributed by atoms with Crippen LogP contribution in [0.25, 0.3) is 0 Å². The highest BCUT2D eigenvalue weighted by Gasteiger charge is 2.47. The number of amides is 1. The van der Waals surface area contributed by atoms with Gasteiger partial charge in [-0.1, -0.05) is 17.7 Å². The van der Waals surface area contributed by atoms with E-state index in [2.05, 4.69) is 0 Å². The number of likely N-dealkylation sites (tertiary alicyclic amines) is 1. The number of piperidine rings is 1. The van der Waals surface area contributed by atoms with Crippen LogP contribution in [0.4, 0.5) is 4.39 Å². The van der Waals surface area contributed by atoms with Crippen LogP contribution >= 0.6 is 11.6 Å². The zero-order valence-electron chi connectivity index (χ0n) is 11.3. The summed E-state index contributed by atoms with van der Waals surface area (Å²) in [5.41, 5.74) is 0.131. The van der Waals surface area contributed by atoms with E-state index in [1.54, 1.807) is 4.90 Å². The van der Waals surface area contributed by atoms with Gasteiger partial charge >= 0.3 is 5.97 Å². The third kappa shape index (κ3) is 2.50. The third-order valence-electron chi connectivity index (χ3n) is 4.19. The summed E-state index contributed by atoms with van der Waals surface area (Å²) in [6, 6.07) is 3.46. The van der Waals surface area contributed by atoms with E-state index in [9.17, 15) is 19.1 Å². The average Bonchev–Trinajstić information content (AvgIpc) is 3.22. The van der Waals surface area contributed by atoms with E-state index in [0.717, 1.165) is 12.8 Å². The third-order valence-corrected chi connectivity index (χ3v) is 4.52. The highest BCUT2D eigenvalue weighted by molar-refractivity contribution is 6.31. The van der Waals surface area contributed by atoms with Gasteiger partial charge in [0.25, 0.3) is 0 Å². The van der Waals surface area contributed by atoms with Gasteiger partial charge in [-0.15, -0.1) is 0 Å². The molecule has 4 nitrogen and oxygen atoms in total. The number of carboxylic acids is 1. The van der Waals surface area contributed by atoms with Gasteiger partial charge in [-0.3, -0.25) is 9.59 Å². The summed E-state index contributed by atoms with van der Waals surface area (Å²) in [4.78, 5) is 25.3. The van der Waals surface area contributed by atoms with Crippen molar-refractivity contribution in [3.8, 4) is 0 Å². The molecule has 1 aromatic carbocycles. The lowest BCUT2D eigenvalue weighted by Gasteiger charge is -2.40. The van der Waals surface area contributed by atoms with Gasteiger partial charge in [0.2, 0.25) is 5.91 Å². The van der Waals surface area contributed by atoms with Crippen LogP contribution in [0, 0.1) is 11.7 Å². The molecule has 2 atom stereocenters. The van der Waals surface area contributed by atoms with Crippen molar-refractivity contribution in [1.29, 1.82) is 0 Å². The quantitative estimate of drug-likeness (QED) is 0.933. The predicted octanol–water partition coefficient (Wildman–Crippen LogP) is 3.01. The Balaban J connectivity index is 2.11. The maximum absolute atomic E-state index is 14.2. The molecule has 1 heterocycles. The molecule has 0 radical (unpaired) electrons. The van der Waals surface area contributed by atoms with Crippen molar-refractivity contribution in [2.45, 2.75) is 37.8 Å². The van der Waals surface area contributed by atoms with Crippen LogP contribution in [-0.2, 0) is 9.59 Å². The summed E-state index contributed by atoms with van der Waals surface area (Å²) >= 11 is 6.10. The van der Waals surface area contributed by atoms with Crippen LogP contribution in [0.2, 0.25) is 5.02 Å². The lowest BCUT2D eigenvalue weighted by molar-refractivity contribution is -0.152. The van der Waals surface area contributed by atoms with Crippen molar-refractivity contribution >= 4 is 23.5 Å². The Labute approximate surface area is 126 Å². The number of benzene rings is 1. The van der Waals surface area contributed by atoms with E-state index < -0.39 is 23.7 Å². The molecule has 1 N–H and O–H groups in total. The van der Waals surface area contributed by atoms with Gasteiger partial charge in [0.15, 0.2) is 0 Å². The van der Waals surface area contributed by atoms with Crippen molar-refractivity contribution in [3.05, 3.63) is 34.6 Å². The SMILES string of the molecule is O=C(O)C1CCC(=O)N(C2CC2)C1c1c(F)cccc1Cl. The highest BCUT2D eigenvalue weighted by atomic mass is 35.5. The Morgan fingerprint density at radius 3 is 2.62 bits per heavy atom. The van der Waals surface area contributed by atoms with E-state index in [0.29, 0.717) is 0 Å². The number of carboxylic acid groups (broad SMARTS) is 1. The molecule has 1 saturated heterocycles. The zero-order chi connectivity index (χ0) is 15.1. The fourth-order valence-electron chi connectivity index (χ4n) is 3.09. The standard InChI is InChI=1S/C15H15ClFNO3/c16-10-2-1-3-11(17)13(10)14-9(15(20)21)6-7-12(19)18(14)8-4-5-8/h1-3,8-9,14H,4-7H2,(H,20,21). The van der Waals surface area contributed by atoms with Gasteiger partial charge in [0.1, 0.15) is 5.82 Å². The number of halogens is 2. The van der Waals surface area contributed by atoms with Crippen molar-refractivity contribution in [2.24, 2.45) is 5.92 Å². The lowest BCUT2D eigenvalue weighted by Crippen LogP contribution is -2.46.